The number of benzene rings is 2. The summed E-state index contributed by atoms with van der Waals surface area (Å²) < 4.78 is 0. The summed E-state index contributed by atoms with van der Waals surface area (Å²) in [6.45, 7) is 1.79. The SMILES string of the molecule is Cc1cc(C(=O)NCc2ccc(C#N)cc2O)ccc1NC(=O)O. The van der Waals surface area contributed by atoms with E-state index in [1.165, 1.54) is 18.2 Å². The average molecular weight is 325 g/mol. The van der Waals surface area contributed by atoms with Crippen LogP contribution in [0.25, 0.3) is 0 Å². The van der Waals surface area contributed by atoms with E-state index in [2.05, 4.69) is 10.6 Å². The first-order chi connectivity index (χ1) is 11.4. The second kappa shape index (κ2) is 7.15. The molecule has 0 saturated carbocycles. The number of phenols is 1. The molecule has 0 heterocycles. The van der Waals surface area contributed by atoms with E-state index in [0.717, 1.165) is 0 Å². The van der Waals surface area contributed by atoms with Crippen molar-refractivity contribution in [3.63, 3.8) is 0 Å². The minimum absolute atomic E-state index is 0.0634. The molecule has 0 aliphatic heterocycles. The highest BCUT2D eigenvalue weighted by molar-refractivity contribution is 5.95. The number of amides is 2. The Morgan fingerprint density at radius 3 is 2.54 bits per heavy atom. The average Bonchev–Trinajstić information content (AvgIpc) is 2.54. The van der Waals surface area contributed by atoms with Gasteiger partial charge in [-0.1, -0.05) is 6.07 Å². The first kappa shape index (κ1) is 16.8. The van der Waals surface area contributed by atoms with Crippen molar-refractivity contribution in [2.75, 3.05) is 5.32 Å². The van der Waals surface area contributed by atoms with E-state index in [0.29, 0.717) is 27.9 Å². The molecule has 0 radical (unpaired) electrons. The zero-order chi connectivity index (χ0) is 17.7. The number of aromatic hydroxyl groups is 1. The maximum absolute atomic E-state index is 12.2. The third kappa shape index (κ3) is 4.01. The van der Waals surface area contributed by atoms with Crippen LogP contribution in [0.1, 0.15) is 27.0 Å². The molecule has 122 valence electrons. The normalized spacial score (nSPS) is 9.83. The number of carboxylic acid groups (broad SMARTS) is 1. The van der Waals surface area contributed by atoms with E-state index < -0.39 is 6.09 Å². The van der Waals surface area contributed by atoms with Crippen molar-refractivity contribution in [1.82, 2.24) is 5.32 Å². The Labute approximate surface area is 138 Å². The quantitative estimate of drug-likeness (QED) is 0.688. The van der Waals surface area contributed by atoms with Crippen molar-refractivity contribution >= 4 is 17.7 Å². The van der Waals surface area contributed by atoms with Crippen LogP contribution in [0, 0.1) is 18.3 Å². The molecule has 7 nitrogen and oxygen atoms in total. The lowest BCUT2D eigenvalue weighted by Gasteiger charge is -2.10. The molecule has 4 N–H and O–H groups in total. The van der Waals surface area contributed by atoms with Crippen molar-refractivity contribution in [1.29, 1.82) is 5.26 Å². The number of rotatable bonds is 4. The summed E-state index contributed by atoms with van der Waals surface area (Å²) in [6, 6.07) is 11.0. The van der Waals surface area contributed by atoms with Gasteiger partial charge in [0.25, 0.3) is 5.91 Å². The number of nitrogens with one attached hydrogen (secondary N) is 2. The van der Waals surface area contributed by atoms with Crippen molar-refractivity contribution in [2.24, 2.45) is 0 Å². The van der Waals surface area contributed by atoms with Crippen LogP contribution >= 0.6 is 0 Å². The zero-order valence-corrected chi connectivity index (χ0v) is 12.8. The molecule has 0 unspecified atom stereocenters. The Kier molecular flexibility index (Phi) is 5.02. The molecular weight excluding hydrogens is 310 g/mol. The van der Waals surface area contributed by atoms with Gasteiger partial charge in [0.1, 0.15) is 5.75 Å². The fraction of sp³-hybridized carbons (Fsp3) is 0.118. The topological polar surface area (TPSA) is 122 Å². The van der Waals surface area contributed by atoms with E-state index in [4.69, 9.17) is 10.4 Å². The van der Waals surface area contributed by atoms with Crippen molar-refractivity contribution in [3.8, 4) is 11.8 Å². The van der Waals surface area contributed by atoms with Gasteiger partial charge in [-0.3, -0.25) is 10.1 Å². The molecule has 2 aromatic rings. The number of anilines is 1. The third-order valence-electron chi connectivity index (χ3n) is 3.38. The number of phenolic OH excluding ortho intramolecular Hbond substituents is 1. The molecule has 0 atom stereocenters. The number of hydrogen-bond donors (Lipinski definition) is 4. The number of carbonyl (C=O) groups is 2. The van der Waals surface area contributed by atoms with Crippen LogP contribution < -0.4 is 10.6 Å². The minimum atomic E-state index is -1.17. The van der Waals surface area contributed by atoms with Gasteiger partial charge in [0.2, 0.25) is 0 Å². The van der Waals surface area contributed by atoms with Gasteiger partial charge in [-0.15, -0.1) is 0 Å². The summed E-state index contributed by atoms with van der Waals surface area (Å²) in [5.41, 5.74) is 2.22. The Morgan fingerprint density at radius 1 is 1.21 bits per heavy atom. The molecule has 2 aromatic carbocycles. The van der Waals surface area contributed by atoms with E-state index in [9.17, 15) is 14.7 Å². The largest absolute Gasteiger partial charge is 0.508 e. The summed E-state index contributed by atoms with van der Waals surface area (Å²) in [7, 11) is 0. The molecule has 2 amide bonds. The van der Waals surface area contributed by atoms with Crippen LogP contribution in [-0.2, 0) is 6.54 Å². The number of nitrogens with zero attached hydrogens (tertiary/aromatic N) is 1. The van der Waals surface area contributed by atoms with Gasteiger partial charge in [0.15, 0.2) is 0 Å². The summed E-state index contributed by atoms with van der Waals surface area (Å²) in [4.78, 5) is 22.8. The number of hydrogen-bond acceptors (Lipinski definition) is 4. The summed E-state index contributed by atoms with van der Waals surface area (Å²) in [5, 5.41) is 32.2. The van der Waals surface area contributed by atoms with Gasteiger partial charge in [-0.05, 0) is 42.8 Å². The van der Waals surface area contributed by atoms with E-state index in [-0.39, 0.29) is 18.2 Å². The second-order valence-electron chi connectivity index (χ2n) is 5.10. The van der Waals surface area contributed by atoms with Gasteiger partial charge in [0, 0.05) is 23.4 Å². The molecular formula is C17H15N3O4. The van der Waals surface area contributed by atoms with E-state index in [1.54, 1.807) is 25.1 Å². The highest BCUT2D eigenvalue weighted by atomic mass is 16.4. The van der Waals surface area contributed by atoms with Crippen molar-refractivity contribution in [3.05, 3.63) is 58.7 Å². The van der Waals surface area contributed by atoms with E-state index >= 15 is 0 Å². The van der Waals surface area contributed by atoms with Gasteiger partial charge >= 0.3 is 6.09 Å². The Hall–Kier alpha value is -3.53. The smallest absolute Gasteiger partial charge is 0.409 e. The highest BCUT2D eigenvalue weighted by Crippen LogP contribution is 2.19. The van der Waals surface area contributed by atoms with E-state index in [1.807, 2.05) is 6.07 Å². The molecule has 0 spiro atoms. The summed E-state index contributed by atoms with van der Waals surface area (Å²) in [6.07, 6.45) is -1.17. The maximum Gasteiger partial charge on any atom is 0.409 e. The molecule has 7 heteroatoms. The number of aryl methyl sites for hydroxylation is 1. The monoisotopic (exact) mass is 325 g/mol. The van der Waals surface area contributed by atoms with Crippen molar-refractivity contribution < 1.29 is 19.8 Å². The standard InChI is InChI=1S/C17H15N3O4/c1-10-6-12(4-5-14(10)20-17(23)24)16(22)19-9-13-3-2-11(8-18)7-15(13)21/h2-7,20-21H,9H2,1H3,(H,19,22)(H,23,24). The predicted molar refractivity (Wildman–Crippen MR) is 86.8 cm³/mol. The van der Waals surface area contributed by atoms with Crippen molar-refractivity contribution in [2.45, 2.75) is 13.5 Å². The number of carbonyl (C=O) groups excluding carboxylic acids is 1. The zero-order valence-electron chi connectivity index (χ0n) is 12.8. The predicted octanol–water partition coefficient (Wildman–Crippen LogP) is 2.59. The Morgan fingerprint density at radius 2 is 1.96 bits per heavy atom. The summed E-state index contributed by atoms with van der Waals surface area (Å²) >= 11 is 0. The van der Waals surface area contributed by atoms with Crippen LogP contribution in [0.4, 0.5) is 10.5 Å². The van der Waals surface area contributed by atoms with Gasteiger partial charge < -0.3 is 15.5 Å². The Balaban J connectivity index is 2.06. The first-order valence-electron chi connectivity index (χ1n) is 7.01. The van der Waals surface area contributed by atoms with Crippen LogP contribution in [0.15, 0.2) is 36.4 Å². The van der Waals surface area contributed by atoms with Crippen LogP contribution in [-0.4, -0.2) is 22.2 Å². The molecule has 0 aliphatic carbocycles. The summed E-state index contributed by atoms with van der Waals surface area (Å²) in [5.74, 6) is -0.421. The molecule has 0 saturated heterocycles. The lowest BCUT2D eigenvalue weighted by atomic mass is 10.1. The van der Waals surface area contributed by atoms with Gasteiger partial charge in [-0.25, -0.2) is 4.79 Å². The molecule has 0 fully saturated rings. The first-order valence-corrected chi connectivity index (χ1v) is 7.01. The van der Waals surface area contributed by atoms with Crippen LogP contribution in [0.2, 0.25) is 0 Å². The van der Waals surface area contributed by atoms with Crippen LogP contribution in [0.5, 0.6) is 5.75 Å². The fourth-order valence-corrected chi connectivity index (χ4v) is 2.12. The van der Waals surface area contributed by atoms with Crippen LogP contribution in [0.3, 0.4) is 0 Å². The second-order valence-corrected chi connectivity index (χ2v) is 5.10. The van der Waals surface area contributed by atoms with Gasteiger partial charge in [-0.2, -0.15) is 5.26 Å². The minimum Gasteiger partial charge on any atom is -0.508 e. The maximum atomic E-state index is 12.2. The third-order valence-corrected chi connectivity index (χ3v) is 3.38. The fourth-order valence-electron chi connectivity index (χ4n) is 2.12. The lowest BCUT2D eigenvalue weighted by molar-refractivity contribution is 0.0950. The molecule has 0 aliphatic rings. The Bertz CT molecular complexity index is 840. The molecule has 0 aromatic heterocycles. The molecule has 2 rings (SSSR count). The highest BCUT2D eigenvalue weighted by Gasteiger charge is 2.10. The van der Waals surface area contributed by atoms with Gasteiger partial charge in [0.05, 0.1) is 11.6 Å². The lowest BCUT2D eigenvalue weighted by Crippen LogP contribution is -2.23. The molecule has 24 heavy (non-hydrogen) atoms. The number of nitriles is 1. The molecule has 0 bridgehead atoms.